The maximum atomic E-state index is 12.4. The molecule has 0 aliphatic rings. The minimum Gasteiger partial charge on any atom is -0.492 e. The van der Waals surface area contributed by atoms with Gasteiger partial charge in [0.05, 0.1) is 24.6 Å². The highest BCUT2D eigenvalue weighted by Gasteiger charge is 2.17. The first-order valence-electron chi connectivity index (χ1n) is 9.32. The summed E-state index contributed by atoms with van der Waals surface area (Å²) in [5.41, 5.74) is 1.61. The Balaban J connectivity index is 2.29. The molecular formula is C21H27N3O4. The van der Waals surface area contributed by atoms with Crippen LogP contribution in [0.2, 0.25) is 0 Å². The van der Waals surface area contributed by atoms with Crippen LogP contribution in [-0.4, -0.2) is 25.2 Å². The Morgan fingerprint density at radius 1 is 0.857 bits per heavy atom. The molecule has 150 valence electrons. The monoisotopic (exact) mass is 385 g/mol. The second-order valence-corrected chi connectivity index (χ2v) is 6.30. The third-order valence-electron chi connectivity index (χ3n) is 3.74. The number of amides is 3. The van der Waals surface area contributed by atoms with Gasteiger partial charge >= 0.3 is 6.03 Å². The van der Waals surface area contributed by atoms with Crippen LogP contribution in [0, 0.1) is 5.92 Å². The number of para-hydroxylation sites is 1. The highest BCUT2D eigenvalue weighted by molar-refractivity contribution is 6.02. The van der Waals surface area contributed by atoms with Gasteiger partial charge in [0, 0.05) is 23.7 Å². The van der Waals surface area contributed by atoms with Crippen LogP contribution in [0.25, 0.3) is 0 Å². The van der Waals surface area contributed by atoms with E-state index in [0.717, 1.165) is 0 Å². The standard InChI is InChI=1S/C21H27N3O4/c1-5-27-18-13-17(24-21(26)22-15-10-8-7-9-11-15)19(28-6-2)12-16(18)23-20(25)14(3)4/h7-14H,5-6H2,1-4H3,(H,23,25)(H2,22,24,26). The van der Waals surface area contributed by atoms with Crippen molar-refractivity contribution in [3.05, 3.63) is 42.5 Å². The molecule has 0 radical (unpaired) electrons. The summed E-state index contributed by atoms with van der Waals surface area (Å²) in [6.45, 7) is 8.12. The molecule has 7 nitrogen and oxygen atoms in total. The quantitative estimate of drug-likeness (QED) is 0.613. The third kappa shape index (κ3) is 5.90. The first-order valence-corrected chi connectivity index (χ1v) is 9.32. The Morgan fingerprint density at radius 3 is 1.89 bits per heavy atom. The van der Waals surface area contributed by atoms with Crippen molar-refractivity contribution in [2.75, 3.05) is 29.2 Å². The second kappa shape index (κ2) is 10.2. The van der Waals surface area contributed by atoms with Crippen LogP contribution in [0.4, 0.5) is 21.9 Å². The summed E-state index contributed by atoms with van der Waals surface area (Å²) in [7, 11) is 0. The molecule has 0 heterocycles. The fourth-order valence-electron chi connectivity index (χ4n) is 2.39. The van der Waals surface area contributed by atoms with Crippen molar-refractivity contribution in [2.45, 2.75) is 27.7 Å². The summed E-state index contributed by atoms with van der Waals surface area (Å²) in [4.78, 5) is 24.5. The average Bonchev–Trinajstić information content (AvgIpc) is 2.66. The summed E-state index contributed by atoms with van der Waals surface area (Å²) in [6.07, 6.45) is 0. The molecule has 2 aromatic rings. The van der Waals surface area contributed by atoms with Crippen LogP contribution in [0.15, 0.2) is 42.5 Å². The van der Waals surface area contributed by atoms with Gasteiger partial charge in [-0.2, -0.15) is 0 Å². The Kier molecular flexibility index (Phi) is 7.68. The van der Waals surface area contributed by atoms with Crippen LogP contribution < -0.4 is 25.4 Å². The van der Waals surface area contributed by atoms with Crippen LogP contribution >= 0.6 is 0 Å². The fraction of sp³-hybridized carbons (Fsp3) is 0.333. The number of carbonyl (C=O) groups is 2. The third-order valence-corrected chi connectivity index (χ3v) is 3.74. The topological polar surface area (TPSA) is 88.7 Å². The second-order valence-electron chi connectivity index (χ2n) is 6.30. The predicted octanol–water partition coefficient (Wildman–Crippen LogP) is 4.72. The molecule has 28 heavy (non-hydrogen) atoms. The van der Waals surface area contributed by atoms with E-state index in [4.69, 9.17) is 9.47 Å². The first-order chi connectivity index (χ1) is 13.4. The van der Waals surface area contributed by atoms with E-state index in [1.807, 2.05) is 45.9 Å². The molecule has 0 fully saturated rings. The van der Waals surface area contributed by atoms with Gasteiger partial charge < -0.3 is 25.4 Å². The van der Waals surface area contributed by atoms with Crippen LogP contribution in [0.3, 0.4) is 0 Å². The maximum Gasteiger partial charge on any atom is 0.323 e. The van der Waals surface area contributed by atoms with Gasteiger partial charge in [-0.25, -0.2) is 4.79 Å². The summed E-state index contributed by atoms with van der Waals surface area (Å²) in [5, 5.41) is 8.38. The zero-order chi connectivity index (χ0) is 20.5. The van der Waals surface area contributed by atoms with Gasteiger partial charge in [-0.05, 0) is 26.0 Å². The van der Waals surface area contributed by atoms with Crippen molar-refractivity contribution in [3.63, 3.8) is 0 Å². The number of urea groups is 1. The molecular weight excluding hydrogens is 358 g/mol. The van der Waals surface area contributed by atoms with Crippen molar-refractivity contribution < 1.29 is 19.1 Å². The molecule has 0 atom stereocenters. The van der Waals surface area contributed by atoms with Crippen LogP contribution in [-0.2, 0) is 4.79 Å². The summed E-state index contributed by atoms with van der Waals surface area (Å²) in [5.74, 6) is 0.577. The van der Waals surface area contributed by atoms with E-state index in [9.17, 15) is 9.59 Å². The van der Waals surface area contributed by atoms with Gasteiger partial charge in [0.1, 0.15) is 11.5 Å². The number of carbonyl (C=O) groups excluding carboxylic acids is 2. The Labute approximate surface area is 165 Å². The molecule has 0 aliphatic carbocycles. The zero-order valence-electron chi connectivity index (χ0n) is 16.7. The SMILES string of the molecule is CCOc1cc(NC(=O)C(C)C)c(OCC)cc1NC(=O)Nc1ccccc1. The summed E-state index contributed by atoms with van der Waals surface area (Å²) >= 11 is 0. The molecule has 0 aromatic heterocycles. The van der Waals surface area contributed by atoms with E-state index in [1.165, 1.54) is 0 Å². The van der Waals surface area contributed by atoms with E-state index < -0.39 is 6.03 Å². The molecule has 0 aliphatic heterocycles. The average molecular weight is 385 g/mol. The largest absolute Gasteiger partial charge is 0.492 e. The predicted molar refractivity (Wildman–Crippen MR) is 111 cm³/mol. The number of anilines is 3. The molecule has 0 spiro atoms. The van der Waals surface area contributed by atoms with Gasteiger partial charge in [-0.15, -0.1) is 0 Å². The van der Waals surface area contributed by atoms with E-state index in [0.29, 0.717) is 41.8 Å². The molecule has 2 rings (SSSR count). The number of hydrogen-bond acceptors (Lipinski definition) is 4. The highest BCUT2D eigenvalue weighted by atomic mass is 16.5. The van der Waals surface area contributed by atoms with E-state index in [2.05, 4.69) is 16.0 Å². The number of nitrogens with one attached hydrogen (secondary N) is 3. The zero-order valence-corrected chi connectivity index (χ0v) is 16.7. The Bertz CT molecular complexity index is 807. The number of ether oxygens (including phenoxy) is 2. The lowest BCUT2D eigenvalue weighted by Gasteiger charge is -2.18. The van der Waals surface area contributed by atoms with Gasteiger partial charge in [0.2, 0.25) is 5.91 Å². The van der Waals surface area contributed by atoms with Crippen LogP contribution in [0.5, 0.6) is 11.5 Å². The minimum absolute atomic E-state index is 0.133. The van der Waals surface area contributed by atoms with Crippen molar-refractivity contribution in [1.82, 2.24) is 0 Å². The van der Waals surface area contributed by atoms with E-state index in [-0.39, 0.29) is 11.8 Å². The smallest absolute Gasteiger partial charge is 0.323 e. The maximum absolute atomic E-state index is 12.4. The van der Waals surface area contributed by atoms with Crippen molar-refractivity contribution in [2.24, 2.45) is 5.92 Å². The van der Waals surface area contributed by atoms with E-state index in [1.54, 1.807) is 24.3 Å². The van der Waals surface area contributed by atoms with Gasteiger partial charge in [0.25, 0.3) is 0 Å². The number of hydrogen-bond donors (Lipinski definition) is 3. The lowest BCUT2D eigenvalue weighted by molar-refractivity contribution is -0.118. The molecule has 0 saturated carbocycles. The minimum atomic E-state index is -0.409. The fourth-order valence-corrected chi connectivity index (χ4v) is 2.39. The highest BCUT2D eigenvalue weighted by Crippen LogP contribution is 2.37. The normalized spacial score (nSPS) is 10.3. The number of rotatable bonds is 8. The summed E-state index contributed by atoms with van der Waals surface area (Å²) in [6, 6.07) is 12.0. The lowest BCUT2D eigenvalue weighted by Crippen LogP contribution is -2.21. The van der Waals surface area contributed by atoms with Gasteiger partial charge in [-0.1, -0.05) is 32.0 Å². The molecule has 7 heteroatoms. The summed E-state index contributed by atoms with van der Waals surface area (Å²) < 4.78 is 11.3. The lowest BCUT2D eigenvalue weighted by atomic mass is 10.2. The molecule has 3 N–H and O–H groups in total. The molecule has 3 amide bonds. The molecule has 0 saturated heterocycles. The Morgan fingerprint density at radius 2 is 1.39 bits per heavy atom. The number of benzene rings is 2. The molecule has 0 bridgehead atoms. The van der Waals surface area contributed by atoms with Gasteiger partial charge in [-0.3, -0.25) is 4.79 Å². The van der Waals surface area contributed by atoms with Crippen molar-refractivity contribution in [1.29, 1.82) is 0 Å². The van der Waals surface area contributed by atoms with Crippen molar-refractivity contribution >= 4 is 29.0 Å². The Hall–Kier alpha value is -3.22. The molecule has 2 aromatic carbocycles. The molecule has 0 unspecified atom stereocenters. The first kappa shape index (κ1) is 21.1. The van der Waals surface area contributed by atoms with E-state index >= 15 is 0 Å². The van der Waals surface area contributed by atoms with Crippen LogP contribution in [0.1, 0.15) is 27.7 Å². The van der Waals surface area contributed by atoms with Gasteiger partial charge in [0.15, 0.2) is 0 Å². The van der Waals surface area contributed by atoms with Crippen molar-refractivity contribution in [3.8, 4) is 11.5 Å².